The van der Waals surface area contributed by atoms with E-state index in [1.54, 1.807) is 12.3 Å². The molecule has 2 aromatic rings. The summed E-state index contributed by atoms with van der Waals surface area (Å²) < 4.78 is 12.6. The minimum absolute atomic E-state index is 0.0805. The lowest BCUT2D eigenvalue weighted by atomic mass is 10.1. The van der Waals surface area contributed by atoms with Crippen LogP contribution in [0.15, 0.2) is 41.6 Å². The third kappa shape index (κ3) is 4.63. The summed E-state index contributed by atoms with van der Waals surface area (Å²) in [6.45, 7) is 2.75. The fourth-order valence-corrected chi connectivity index (χ4v) is 2.61. The van der Waals surface area contributed by atoms with Gasteiger partial charge in [0.1, 0.15) is 18.4 Å². The maximum absolute atomic E-state index is 12.3. The van der Waals surface area contributed by atoms with Gasteiger partial charge in [-0.15, -0.1) is 0 Å². The van der Waals surface area contributed by atoms with Gasteiger partial charge in [0.2, 0.25) is 5.91 Å². The van der Waals surface area contributed by atoms with Crippen LogP contribution in [0.25, 0.3) is 0 Å². The zero-order valence-corrected chi connectivity index (χ0v) is 13.9. The summed E-state index contributed by atoms with van der Waals surface area (Å²) >= 11 is 0. The van der Waals surface area contributed by atoms with Crippen LogP contribution in [0.5, 0.6) is 5.75 Å². The van der Waals surface area contributed by atoms with E-state index in [0.29, 0.717) is 25.4 Å². The summed E-state index contributed by atoms with van der Waals surface area (Å²) in [5.74, 6) is 0.362. The van der Waals surface area contributed by atoms with Crippen LogP contribution in [-0.2, 0) is 16.1 Å². The van der Waals surface area contributed by atoms with E-state index in [-0.39, 0.29) is 24.6 Å². The summed E-state index contributed by atoms with van der Waals surface area (Å²) in [5, 5.41) is 2.92. The average molecular weight is 344 g/mol. The highest BCUT2D eigenvalue weighted by Gasteiger charge is 2.29. The zero-order chi connectivity index (χ0) is 17.6. The van der Waals surface area contributed by atoms with Crippen molar-refractivity contribution < 1.29 is 14.3 Å². The van der Waals surface area contributed by atoms with Gasteiger partial charge in [-0.2, -0.15) is 0 Å². The van der Waals surface area contributed by atoms with E-state index in [0.717, 1.165) is 5.69 Å². The third-order valence-electron chi connectivity index (χ3n) is 3.92. The topological polar surface area (TPSA) is 95.3 Å². The van der Waals surface area contributed by atoms with Crippen LogP contribution in [0, 0.1) is 6.92 Å². The average Bonchev–Trinajstić information content (AvgIpc) is 2.61. The van der Waals surface area contributed by atoms with Gasteiger partial charge in [-0.05, 0) is 31.5 Å². The molecular weight excluding hydrogens is 324 g/mol. The second-order valence-electron chi connectivity index (χ2n) is 5.86. The predicted molar refractivity (Wildman–Crippen MR) is 89.3 cm³/mol. The number of pyridine rings is 1. The number of aryl methyl sites for hydroxylation is 1. The van der Waals surface area contributed by atoms with Crippen molar-refractivity contribution in [3.8, 4) is 5.75 Å². The monoisotopic (exact) mass is 344 g/mol. The summed E-state index contributed by atoms with van der Waals surface area (Å²) in [6.07, 6.45) is 4.91. The lowest BCUT2D eigenvalue weighted by Gasteiger charge is -2.32. The molecule has 1 aliphatic rings. The zero-order valence-electron chi connectivity index (χ0n) is 13.9. The number of aromatic nitrogens is 3. The smallest absolute Gasteiger partial charge is 0.347 e. The van der Waals surface area contributed by atoms with Gasteiger partial charge in [0.15, 0.2) is 0 Å². The van der Waals surface area contributed by atoms with E-state index >= 15 is 0 Å². The number of carbonyl (C=O) groups is 1. The SMILES string of the molecule is Cc1ccc(O[C@H]2COCC[C@H]2NC(=O)Cn2cccnc2=O)cn1. The van der Waals surface area contributed by atoms with Crippen LogP contribution in [-0.4, -0.2) is 45.8 Å². The summed E-state index contributed by atoms with van der Waals surface area (Å²) in [5.41, 5.74) is 0.446. The fraction of sp³-hybridized carbons (Fsp3) is 0.412. The Morgan fingerprint density at radius 3 is 3.08 bits per heavy atom. The van der Waals surface area contributed by atoms with E-state index in [1.165, 1.54) is 17.0 Å². The number of nitrogens with zero attached hydrogens (tertiary/aromatic N) is 3. The predicted octanol–water partition coefficient (Wildman–Crippen LogP) is 0.299. The van der Waals surface area contributed by atoms with Crippen LogP contribution >= 0.6 is 0 Å². The van der Waals surface area contributed by atoms with Gasteiger partial charge >= 0.3 is 5.69 Å². The first-order valence-electron chi connectivity index (χ1n) is 8.10. The van der Waals surface area contributed by atoms with Crippen LogP contribution in [0.3, 0.4) is 0 Å². The van der Waals surface area contributed by atoms with Crippen LogP contribution in [0.2, 0.25) is 0 Å². The Hall–Kier alpha value is -2.74. The molecule has 0 spiro atoms. The van der Waals surface area contributed by atoms with Crippen molar-refractivity contribution in [2.45, 2.75) is 32.0 Å². The van der Waals surface area contributed by atoms with Crippen molar-refractivity contribution in [2.24, 2.45) is 0 Å². The van der Waals surface area contributed by atoms with Gasteiger partial charge < -0.3 is 14.8 Å². The molecule has 0 aromatic carbocycles. The molecule has 1 saturated heterocycles. The molecule has 25 heavy (non-hydrogen) atoms. The molecule has 2 atom stereocenters. The first-order valence-corrected chi connectivity index (χ1v) is 8.10. The van der Waals surface area contributed by atoms with Gasteiger partial charge in [0.05, 0.1) is 18.8 Å². The molecule has 1 aliphatic heterocycles. The van der Waals surface area contributed by atoms with Gasteiger partial charge in [-0.3, -0.25) is 14.3 Å². The number of nitrogens with one attached hydrogen (secondary N) is 1. The fourth-order valence-electron chi connectivity index (χ4n) is 2.61. The van der Waals surface area contributed by atoms with Crippen molar-refractivity contribution in [3.63, 3.8) is 0 Å². The number of amides is 1. The number of hydrogen-bond donors (Lipinski definition) is 1. The van der Waals surface area contributed by atoms with E-state index in [1.807, 2.05) is 19.1 Å². The molecule has 0 radical (unpaired) electrons. The summed E-state index contributed by atoms with van der Waals surface area (Å²) in [4.78, 5) is 31.7. The van der Waals surface area contributed by atoms with E-state index in [9.17, 15) is 9.59 Å². The Bertz CT molecular complexity index is 775. The molecule has 3 rings (SSSR count). The number of rotatable bonds is 5. The second-order valence-corrected chi connectivity index (χ2v) is 5.86. The van der Waals surface area contributed by atoms with Gasteiger partial charge in [0.25, 0.3) is 0 Å². The van der Waals surface area contributed by atoms with Gasteiger partial charge in [-0.25, -0.2) is 9.78 Å². The molecule has 8 heteroatoms. The highest BCUT2D eigenvalue weighted by molar-refractivity contribution is 5.76. The minimum Gasteiger partial charge on any atom is -0.484 e. The van der Waals surface area contributed by atoms with E-state index in [2.05, 4.69) is 15.3 Å². The molecule has 1 N–H and O–H groups in total. The molecule has 0 aliphatic carbocycles. The van der Waals surface area contributed by atoms with Crippen LogP contribution in [0.4, 0.5) is 0 Å². The Morgan fingerprint density at radius 2 is 2.32 bits per heavy atom. The molecule has 0 bridgehead atoms. The quantitative estimate of drug-likeness (QED) is 0.838. The minimum atomic E-state index is -0.455. The Balaban J connectivity index is 1.62. The summed E-state index contributed by atoms with van der Waals surface area (Å²) in [6, 6.07) is 5.11. The number of ether oxygens (including phenoxy) is 2. The first-order chi connectivity index (χ1) is 12.1. The molecule has 0 unspecified atom stereocenters. The van der Waals surface area contributed by atoms with Gasteiger partial charge in [0, 0.05) is 24.7 Å². The number of hydrogen-bond acceptors (Lipinski definition) is 6. The van der Waals surface area contributed by atoms with Crippen molar-refractivity contribution in [1.82, 2.24) is 19.9 Å². The highest BCUT2D eigenvalue weighted by atomic mass is 16.5. The Kier molecular flexibility index (Phi) is 5.39. The molecule has 132 valence electrons. The van der Waals surface area contributed by atoms with Crippen molar-refractivity contribution in [1.29, 1.82) is 0 Å². The summed E-state index contributed by atoms with van der Waals surface area (Å²) in [7, 11) is 0. The molecule has 1 fully saturated rings. The molecule has 3 heterocycles. The lowest BCUT2D eigenvalue weighted by Crippen LogP contribution is -2.52. The molecule has 8 nitrogen and oxygen atoms in total. The van der Waals surface area contributed by atoms with Crippen molar-refractivity contribution >= 4 is 5.91 Å². The normalized spacial score (nSPS) is 20.0. The second kappa shape index (κ2) is 7.89. The van der Waals surface area contributed by atoms with Crippen LogP contribution < -0.4 is 15.7 Å². The maximum Gasteiger partial charge on any atom is 0.347 e. The highest BCUT2D eigenvalue weighted by Crippen LogP contribution is 2.17. The van der Waals surface area contributed by atoms with Gasteiger partial charge in [-0.1, -0.05) is 0 Å². The maximum atomic E-state index is 12.3. The third-order valence-corrected chi connectivity index (χ3v) is 3.92. The molecule has 2 aromatic heterocycles. The molecular formula is C17H20N4O4. The Morgan fingerprint density at radius 1 is 1.44 bits per heavy atom. The first kappa shape index (κ1) is 17.1. The van der Waals surface area contributed by atoms with Crippen molar-refractivity contribution in [3.05, 3.63) is 53.0 Å². The van der Waals surface area contributed by atoms with Crippen LogP contribution in [0.1, 0.15) is 12.1 Å². The lowest BCUT2D eigenvalue weighted by molar-refractivity contribution is -0.124. The Labute approximate surface area is 144 Å². The standard InChI is InChI=1S/C17H20N4O4/c1-12-3-4-13(9-19-12)25-15-11-24-8-5-14(15)20-16(22)10-21-7-2-6-18-17(21)23/h2-4,6-7,9,14-15H,5,8,10-11H2,1H3,(H,20,22)/t14-,15+/m1/s1. The number of carbonyl (C=O) groups excluding carboxylic acids is 1. The largest absolute Gasteiger partial charge is 0.484 e. The molecule has 0 saturated carbocycles. The van der Waals surface area contributed by atoms with Crippen molar-refractivity contribution in [2.75, 3.05) is 13.2 Å². The van der Waals surface area contributed by atoms with E-state index < -0.39 is 5.69 Å². The van der Waals surface area contributed by atoms with E-state index in [4.69, 9.17) is 9.47 Å². The molecule has 1 amide bonds.